The van der Waals surface area contributed by atoms with Crippen molar-refractivity contribution >= 4 is 5.97 Å². The van der Waals surface area contributed by atoms with Crippen molar-refractivity contribution in [3.05, 3.63) is 24.3 Å². The van der Waals surface area contributed by atoms with Gasteiger partial charge in [-0.05, 0) is 25.7 Å². The molecule has 15 heavy (non-hydrogen) atoms. The zero-order chi connectivity index (χ0) is 11.5. The minimum absolute atomic E-state index is 0.0434. The second kappa shape index (κ2) is 4.62. The first kappa shape index (κ1) is 12.0. The first-order valence-corrected chi connectivity index (χ1v) is 5.13. The van der Waals surface area contributed by atoms with Crippen LogP contribution in [0.2, 0.25) is 0 Å². The summed E-state index contributed by atoms with van der Waals surface area (Å²) < 4.78 is 4.82. The van der Waals surface area contributed by atoms with Gasteiger partial charge < -0.3 is 9.84 Å². The van der Waals surface area contributed by atoms with Gasteiger partial charge in [-0.15, -0.1) is 0 Å². The standard InChI is InChI=1S/C12H18O3/c1-9(2)11-4-6-12(14,7-5-11)8-15-10(3)13/h4,6,11,14H,1,5,7-8H2,2-3H3/t11-,12?/m1/s1. The van der Waals surface area contributed by atoms with E-state index in [0.717, 1.165) is 12.0 Å². The maximum atomic E-state index is 10.6. The van der Waals surface area contributed by atoms with Gasteiger partial charge in [0.1, 0.15) is 12.2 Å². The lowest BCUT2D eigenvalue weighted by Crippen LogP contribution is -2.36. The highest BCUT2D eigenvalue weighted by molar-refractivity contribution is 5.66. The third kappa shape index (κ3) is 3.51. The van der Waals surface area contributed by atoms with Gasteiger partial charge in [0.15, 0.2) is 0 Å². The molecule has 0 saturated carbocycles. The Morgan fingerprint density at radius 2 is 2.33 bits per heavy atom. The molecule has 1 rings (SSSR count). The molecule has 0 spiro atoms. The van der Waals surface area contributed by atoms with Gasteiger partial charge in [-0.2, -0.15) is 0 Å². The summed E-state index contributed by atoms with van der Waals surface area (Å²) in [6.45, 7) is 7.24. The minimum Gasteiger partial charge on any atom is -0.462 e. The van der Waals surface area contributed by atoms with Crippen LogP contribution in [0.15, 0.2) is 24.3 Å². The molecule has 0 bridgehead atoms. The zero-order valence-corrected chi connectivity index (χ0v) is 9.32. The van der Waals surface area contributed by atoms with Gasteiger partial charge in [0.25, 0.3) is 0 Å². The number of carbonyl (C=O) groups excluding carboxylic acids is 1. The first-order valence-electron chi connectivity index (χ1n) is 5.13. The summed E-state index contributed by atoms with van der Waals surface area (Å²) in [7, 11) is 0. The SMILES string of the molecule is C=C(C)[C@@H]1C=CC(O)(COC(C)=O)CC1. The molecular weight excluding hydrogens is 192 g/mol. The molecule has 84 valence electrons. The minimum atomic E-state index is -0.988. The molecule has 1 N–H and O–H groups in total. The van der Waals surface area contributed by atoms with Gasteiger partial charge in [0.2, 0.25) is 0 Å². The van der Waals surface area contributed by atoms with E-state index in [9.17, 15) is 9.90 Å². The van der Waals surface area contributed by atoms with Crippen LogP contribution < -0.4 is 0 Å². The summed E-state index contributed by atoms with van der Waals surface area (Å²) in [6, 6.07) is 0. The Balaban J connectivity index is 2.55. The normalized spacial score (nSPS) is 29.9. The lowest BCUT2D eigenvalue weighted by molar-refractivity contribution is -0.147. The third-order valence-electron chi connectivity index (χ3n) is 2.69. The Kier molecular flexibility index (Phi) is 3.69. The quantitative estimate of drug-likeness (QED) is 0.571. The Labute approximate surface area is 90.4 Å². The van der Waals surface area contributed by atoms with Crippen LogP contribution in [0.3, 0.4) is 0 Å². The predicted octanol–water partition coefficient (Wildman–Crippen LogP) is 1.82. The zero-order valence-electron chi connectivity index (χ0n) is 9.32. The number of hydrogen-bond acceptors (Lipinski definition) is 3. The predicted molar refractivity (Wildman–Crippen MR) is 58.3 cm³/mol. The summed E-state index contributed by atoms with van der Waals surface area (Å²) in [6.07, 6.45) is 5.12. The van der Waals surface area contributed by atoms with Crippen molar-refractivity contribution in [3.8, 4) is 0 Å². The molecule has 2 atom stereocenters. The van der Waals surface area contributed by atoms with Crippen molar-refractivity contribution in [3.63, 3.8) is 0 Å². The Morgan fingerprint density at radius 1 is 1.67 bits per heavy atom. The van der Waals surface area contributed by atoms with Crippen LogP contribution in [-0.4, -0.2) is 23.3 Å². The topological polar surface area (TPSA) is 46.5 Å². The number of hydrogen-bond donors (Lipinski definition) is 1. The molecule has 0 radical (unpaired) electrons. The molecule has 0 aliphatic heterocycles. The van der Waals surface area contributed by atoms with Gasteiger partial charge in [-0.25, -0.2) is 0 Å². The molecular formula is C12H18O3. The highest BCUT2D eigenvalue weighted by Gasteiger charge is 2.29. The molecule has 1 aliphatic rings. The molecule has 0 heterocycles. The van der Waals surface area contributed by atoms with Crippen LogP contribution in [0.25, 0.3) is 0 Å². The molecule has 1 unspecified atom stereocenters. The Bertz CT molecular complexity index is 293. The van der Waals surface area contributed by atoms with Gasteiger partial charge in [0.05, 0.1) is 0 Å². The molecule has 0 aromatic carbocycles. The second-order valence-electron chi connectivity index (χ2n) is 4.23. The van der Waals surface area contributed by atoms with Crippen LogP contribution in [0.1, 0.15) is 26.7 Å². The molecule has 0 aromatic rings. The summed E-state index contributed by atoms with van der Waals surface area (Å²) in [5.74, 6) is -0.0264. The summed E-state index contributed by atoms with van der Waals surface area (Å²) >= 11 is 0. The molecule has 0 amide bonds. The van der Waals surface area contributed by atoms with E-state index < -0.39 is 5.60 Å². The van der Waals surface area contributed by atoms with E-state index >= 15 is 0 Å². The molecule has 0 fully saturated rings. The van der Waals surface area contributed by atoms with Crippen molar-refractivity contribution in [2.24, 2.45) is 5.92 Å². The van der Waals surface area contributed by atoms with Crippen LogP contribution in [0, 0.1) is 5.92 Å². The average Bonchev–Trinajstić information content (AvgIpc) is 2.16. The second-order valence-corrected chi connectivity index (χ2v) is 4.23. The number of allylic oxidation sites excluding steroid dienone is 2. The van der Waals surface area contributed by atoms with Crippen molar-refractivity contribution < 1.29 is 14.6 Å². The maximum absolute atomic E-state index is 10.6. The number of esters is 1. The number of ether oxygens (including phenoxy) is 1. The van der Waals surface area contributed by atoms with Crippen LogP contribution in [0.4, 0.5) is 0 Å². The largest absolute Gasteiger partial charge is 0.462 e. The highest BCUT2D eigenvalue weighted by atomic mass is 16.5. The number of carbonyl (C=O) groups is 1. The van der Waals surface area contributed by atoms with Crippen LogP contribution >= 0.6 is 0 Å². The van der Waals surface area contributed by atoms with E-state index in [0.29, 0.717) is 12.3 Å². The molecule has 0 aromatic heterocycles. The summed E-state index contributed by atoms with van der Waals surface area (Å²) in [5.41, 5.74) is 0.109. The number of aliphatic hydroxyl groups is 1. The smallest absolute Gasteiger partial charge is 0.302 e. The van der Waals surface area contributed by atoms with Crippen molar-refractivity contribution in [1.82, 2.24) is 0 Å². The molecule has 3 nitrogen and oxygen atoms in total. The van der Waals surface area contributed by atoms with Crippen LogP contribution in [0.5, 0.6) is 0 Å². The maximum Gasteiger partial charge on any atom is 0.302 e. The Morgan fingerprint density at radius 3 is 2.73 bits per heavy atom. The van der Waals surface area contributed by atoms with Crippen LogP contribution in [-0.2, 0) is 9.53 Å². The van der Waals surface area contributed by atoms with Crippen molar-refractivity contribution in [2.45, 2.75) is 32.3 Å². The van der Waals surface area contributed by atoms with E-state index in [-0.39, 0.29) is 12.6 Å². The van der Waals surface area contributed by atoms with Crippen molar-refractivity contribution in [2.75, 3.05) is 6.61 Å². The van der Waals surface area contributed by atoms with Gasteiger partial charge in [-0.3, -0.25) is 4.79 Å². The van der Waals surface area contributed by atoms with Gasteiger partial charge in [-0.1, -0.05) is 24.3 Å². The van der Waals surface area contributed by atoms with E-state index in [1.165, 1.54) is 6.92 Å². The van der Waals surface area contributed by atoms with Crippen molar-refractivity contribution in [1.29, 1.82) is 0 Å². The molecule has 3 heteroatoms. The van der Waals surface area contributed by atoms with E-state index in [1.807, 2.05) is 13.0 Å². The molecule has 1 aliphatic carbocycles. The lowest BCUT2D eigenvalue weighted by Gasteiger charge is -2.30. The lowest BCUT2D eigenvalue weighted by atomic mass is 9.83. The molecule has 0 saturated heterocycles. The van der Waals surface area contributed by atoms with E-state index in [2.05, 4.69) is 6.58 Å². The van der Waals surface area contributed by atoms with Gasteiger partial charge >= 0.3 is 5.97 Å². The first-order chi connectivity index (χ1) is 6.93. The fourth-order valence-electron chi connectivity index (χ4n) is 1.64. The third-order valence-corrected chi connectivity index (χ3v) is 2.69. The summed E-state index contributed by atoms with van der Waals surface area (Å²) in [5, 5.41) is 10.0. The summed E-state index contributed by atoms with van der Waals surface area (Å²) in [4.78, 5) is 10.6. The number of rotatable bonds is 3. The highest BCUT2D eigenvalue weighted by Crippen LogP contribution is 2.29. The Hall–Kier alpha value is -1.09. The fourth-order valence-corrected chi connectivity index (χ4v) is 1.64. The van der Waals surface area contributed by atoms with Gasteiger partial charge in [0, 0.05) is 6.92 Å². The van der Waals surface area contributed by atoms with E-state index in [4.69, 9.17) is 4.74 Å². The fraction of sp³-hybridized carbons (Fsp3) is 0.583. The van der Waals surface area contributed by atoms with E-state index in [1.54, 1.807) is 6.08 Å². The monoisotopic (exact) mass is 210 g/mol. The average molecular weight is 210 g/mol.